The van der Waals surface area contributed by atoms with Crippen molar-refractivity contribution in [3.8, 4) is 11.5 Å². The molecular formula is C22H22BrClN2O3S. The summed E-state index contributed by atoms with van der Waals surface area (Å²) in [6, 6.07) is 9.25. The molecule has 0 saturated carbocycles. The number of thioether (sulfide) groups is 1. The van der Waals surface area contributed by atoms with E-state index in [-0.39, 0.29) is 12.0 Å². The van der Waals surface area contributed by atoms with E-state index in [1.165, 1.54) is 11.8 Å². The SMILES string of the molecule is CC[C@H](C)Oc1c(Br)cc(/C=C2/SC(=Nc3cccc(Cl)c3C)NC2=O)cc1OC. The van der Waals surface area contributed by atoms with E-state index < -0.39 is 0 Å². The van der Waals surface area contributed by atoms with Gasteiger partial charge in [-0.1, -0.05) is 24.6 Å². The molecule has 0 aliphatic carbocycles. The van der Waals surface area contributed by atoms with E-state index in [1.807, 2.05) is 44.2 Å². The number of ether oxygens (including phenoxy) is 2. The molecular weight excluding hydrogens is 488 g/mol. The van der Waals surface area contributed by atoms with Gasteiger partial charge >= 0.3 is 0 Å². The highest BCUT2D eigenvalue weighted by molar-refractivity contribution is 9.10. The molecule has 3 rings (SSSR count). The monoisotopic (exact) mass is 508 g/mol. The highest BCUT2D eigenvalue weighted by Crippen LogP contribution is 2.39. The summed E-state index contributed by atoms with van der Waals surface area (Å²) in [4.78, 5) is 17.5. The van der Waals surface area contributed by atoms with E-state index in [1.54, 1.807) is 13.2 Å². The first kappa shape index (κ1) is 22.7. The van der Waals surface area contributed by atoms with Gasteiger partial charge in [0, 0.05) is 5.02 Å². The van der Waals surface area contributed by atoms with Gasteiger partial charge in [0.05, 0.1) is 28.3 Å². The van der Waals surface area contributed by atoms with Crippen LogP contribution in [0.2, 0.25) is 5.02 Å². The van der Waals surface area contributed by atoms with Crippen LogP contribution in [0.25, 0.3) is 6.08 Å². The number of methoxy groups -OCH3 is 1. The summed E-state index contributed by atoms with van der Waals surface area (Å²) in [7, 11) is 1.59. The predicted octanol–water partition coefficient (Wildman–Crippen LogP) is 6.49. The van der Waals surface area contributed by atoms with Crippen LogP contribution in [0.4, 0.5) is 5.69 Å². The molecule has 0 aromatic heterocycles. The zero-order valence-electron chi connectivity index (χ0n) is 17.1. The van der Waals surface area contributed by atoms with Gasteiger partial charge in [0.25, 0.3) is 5.91 Å². The van der Waals surface area contributed by atoms with Crippen LogP contribution < -0.4 is 14.8 Å². The second kappa shape index (κ2) is 9.90. The Bertz CT molecular complexity index is 1040. The van der Waals surface area contributed by atoms with Crippen molar-refractivity contribution in [2.24, 2.45) is 4.99 Å². The average Bonchev–Trinajstić information content (AvgIpc) is 3.05. The Morgan fingerprint density at radius 1 is 1.37 bits per heavy atom. The second-order valence-corrected chi connectivity index (χ2v) is 9.03. The Balaban J connectivity index is 1.88. The summed E-state index contributed by atoms with van der Waals surface area (Å²) in [6.45, 7) is 5.96. The Morgan fingerprint density at radius 3 is 2.83 bits per heavy atom. The molecule has 1 fully saturated rings. The summed E-state index contributed by atoms with van der Waals surface area (Å²) >= 11 is 11.0. The molecule has 1 amide bonds. The zero-order valence-corrected chi connectivity index (χ0v) is 20.2. The number of nitrogens with zero attached hydrogens (tertiary/aromatic N) is 1. The van der Waals surface area contributed by atoms with Crippen LogP contribution in [0.3, 0.4) is 0 Å². The second-order valence-electron chi connectivity index (χ2n) is 6.74. The normalized spacial score (nSPS) is 17.3. The van der Waals surface area contributed by atoms with E-state index >= 15 is 0 Å². The van der Waals surface area contributed by atoms with Crippen molar-refractivity contribution in [3.05, 3.63) is 55.9 Å². The first-order chi connectivity index (χ1) is 14.3. The number of hydrogen-bond acceptors (Lipinski definition) is 5. The van der Waals surface area contributed by atoms with Crippen LogP contribution in [0.15, 0.2) is 44.7 Å². The first-order valence-corrected chi connectivity index (χ1v) is 11.4. The molecule has 1 saturated heterocycles. The van der Waals surface area contributed by atoms with Gasteiger partial charge in [0.15, 0.2) is 16.7 Å². The smallest absolute Gasteiger partial charge is 0.264 e. The van der Waals surface area contributed by atoms with Gasteiger partial charge in [0.2, 0.25) is 0 Å². The van der Waals surface area contributed by atoms with Crippen LogP contribution in [0.1, 0.15) is 31.4 Å². The highest BCUT2D eigenvalue weighted by atomic mass is 79.9. The molecule has 0 unspecified atom stereocenters. The number of rotatable bonds is 6. The van der Waals surface area contributed by atoms with E-state index in [4.69, 9.17) is 21.1 Å². The Hall–Kier alpha value is -1.96. The van der Waals surface area contributed by atoms with Crippen LogP contribution in [-0.2, 0) is 4.79 Å². The molecule has 1 heterocycles. The molecule has 1 N–H and O–H groups in total. The van der Waals surface area contributed by atoms with Gasteiger partial charge in [-0.3, -0.25) is 4.79 Å². The Kier molecular flexibility index (Phi) is 7.50. The fraction of sp³-hybridized carbons (Fsp3) is 0.273. The van der Waals surface area contributed by atoms with Crippen molar-refractivity contribution in [2.45, 2.75) is 33.3 Å². The Labute approximate surface area is 194 Å². The molecule has 8 heteroatoms. The summed E-state index contributed by atoms with van der Waals surface area (Å²) in [5.41, 5.74) is 2.40. The van der Waals surface area contributed by atoms with Crippen molar-refractivity contribution in [1.29, 1.82) is 0 Å². The van der Waals surface area contributed by atoms with Crippen molar-refractivity contribution < 1.29 is 14.3 Å². The lowest BCUT2D eigenvalue weighted by molar-refractivity contribution is -0.115. The largest absolute Gasteiger partial charge is 0.493 e. The maximum Gasteiger partial charge on any atom is 0.264 e. The van der Waals surface area contributed by atoms with E-state index in [0.29, 0.717) is 26.6 Å². The van der Waals surface area contributed by atoms with Gasteiger partial charge < -0.3 is 14.8 Å². The topological polar surface area (TPSA) is 59.9 Å². The minimum atomic E-state index is -0.201. The molecule has 1 aliphatic rings. The summed E-state index contributed by atoms with van der Waals surface area (Å²) < 4.78 is 12.2. The molecule has 5 nitrogen and oxygen atoms in total. The number of amides is 1. The minimum absolute atomic E-state index is 0.0595. The lowest BCUT2D eigenvalue weighted by atomic mass is 10.1. The number of benzene rings is 2. The summed E-state index contributed by atoms with van der Waals surface area (Å²) in [6.07, 6.45) is 2.74. The van der Waals surface area contributed by atoms with Crippen molar-refractivity contribution >= 4 is 62.1 Å². The third-order valence-electron chi connectivity index (χ3n) is 4.56. The minimum Gasteiger partial charge on any atom is -0.493 e. The molecule has 1 aliphatic heterocycles. The number of hydrogen-bond donors (Lipinski definition) is 1. The summed E-state index contributed by atoms with van der Waals surface area (Å²) in [5.74, 6) is 1.05. The quantitative estimate of drug-likeness (QED) is 0.452. The third kappa shape index (κ3) is 5.20. The number of amidine groups is 1. The Morgan fingerprint density at radius 2 is 2.13 bits per heavy atom. The van der Waals surface area contributed by atoms with Crippen LogP contribution in [-0.4, -0.2) is 24.3 Å². The number of carbonyl (C=O) groups excluding carboxylic acids is 1. The van der Waals surface area contributed by atoms with E-state index in [0.717, 1.165) is 27.7 Å². The van der Waals surface area contributed by atoms with Crippen molar-refractivity contribution in [3.63, 3.8) is 0 Å². The first-order valence-electron chi connectivity index (χ1n) is 9.41. The number of aliphatic imine (C=N–C) groups is 1. The lowest BCUT2D eigenvalue weighted by Crippen LogP contribution is -2.19. The fourth-order valence-electron chi connectivity index (χ4n) is 2.68. The van der Waals surface area contributed by atoms with Gasteiger partial charge in [-0.15, -0.1) is 0 Å². The maximum absolute atomic E-state index is 12.4. The molecule has 2 aromatic rings. The standard InChI is InChI=1S/C22H22BrClN2O3S/c1-5-12(2)29-20-15(23)9-14(10-18(20)28-4)11-19-21(27)26-22(30-19)25-17-8-6-7-16(24)13(17)3/h6-12H,5H2,1-4H3,(H,25,26,27)/b19-11+/t12-/m0/s1. The van der Waals surface area contributed by atoms with Crippen molar-refractivity contribution in [1.82, 2.24) is 5.32 Å². The van der Waals surface area contributed by atoms with Crippen LogP contribution >= 0.6 is 39.3 Å². The average molecular weight is 510 g/mol. The van der Waals surface area contributed by atoms with E-state index in [2.05, 4.69) is 33.2 Å². The molecule has 2 aromatic carbocycles. The fourth-order valence-corrected chi connectivity index (χ4v) is 4.24. The van der Waals surface area contributed by atoms with Crippen molar-refractivity contribution in [2.75, 3.05) is 7.11 Å². The molecule has 1 atom stereocenters. The highest BCUT2D eigenvalue weighted by Gasteiger charge is 2.24. The number of carbonyl (C=O) groups is 1. The molecule has 0 radical (unpaired) electrons. The van der Waals surface area contributed by atoms with Crippen LogP contribution in [0, 0.1) is 6.92 Å². The van der Waals surface area contributed by atoms with Gasteiger partial charge in [-0.05, 0) is 89.4 Å². The predicted molar refractivity (Wildman–Crippen MR) is 128 cm³/mol. The lowest BCUT2D eigenvalue weighted by Gasteiger charge is -2.17. The zero-order chi connectivity index (χ0) is 21.8. The maximum atomic E-state index is 12.4. The van der Waals surface area contributed by atoms with Gasteiger partial charge in [0.1, 0.15) is 0 Å². The van der Waals surface area contributed by atoms with Crippen LogP contribution in [0.5, 0.6) is 11.5 Å². The number of halogens is 2. The van der Waals surface area contributed by atoms with E-state index in [9.17, 15) is 4.79 Å². The molecule has 30 heavy (non-hydrogen) atoms. The molecule has 0 spiro atoms. The van der Waals surface area contributed by atoms with Gasteiger partial charge in [-0.25, -0.2) is 4.99 Å². The third-order valence-corrected chi connectivity index (χ3v) is 6.46. The molecule has 0 bridgehead atoms. The summed E-state index contributed by atoms with van der Waals surface area (Å²) in [5, 5.41) is 3.95. The number of nitrogens with one attached hydrogen (secondary N) is 1. The molecule has 158 valence electrons. The van der Waals surface area contributed by atoms with Gasteiger partial charge in [-0.2, -0.15) is 0 Å².